The summed E-state index contributed by atoms with van der Waals surface area (Å²) in [5, 5.41) is 7.59. The molecule has 6 rings (SSSR count). The molecule has 4 aromatic heterocycles. The van der Waals surface area contributed by atoms with Crippen LogP contribution in [0.5, 0.6) is 5.88 Å². The quantitative estimate of drug-likeness (QED) is 0.370. The summed E-state index contributed by atoms with van der Waals surface area (Å²) in [6, 6.07) is 15.5. The molecule has 1 aromatic carbocycles. The molecule has 0 radical (unpaired) electrons. The summed E-state index contributed by atoms with van der Waals surface area (Å²) in [5.41, 5.74) is 6.85. The Labute approximate surface area is 195 Å². The highest BCUT2D eigenvalue weighted by atomic mass is 16.5. The zero-order valence-corrected chi connectivity index (χ0v) is 18.7. The van der Waals surface area contributed by atoms with E-state index in [0.29, 0.717) is 29.1 Å². The number of pyridine rings is 3. The standard InChI is InChI=1S/C26H22N6O2/c1-14-13-19-21(26(33)29-14)25(30-18-7-3-5-15-6-4-11-28-22(15)18)24(31-19)16-10-12-27-17-8-9-20(34-2)32-23(16)17/h3-12,14,30-31H,13H2,1-2H3,(H,29,33). The molecule has 34 heavy (non-hydrogen) atoms. The number of carbonyl (C=O) groups excluding carboxylic acids is 1. The summed E-state index contributed by atoms with van der Waals surface area (Å²) < 4.78 is 5.36. The van der Waals surface area contributed by atoms with Gasteiger partial charge in [-0.15, -0.1) is 0 Å². The molecule has 0 saturated carbocycles. The topological polar surface area (TPSA) is 105 Å². The van der Waals surface area contributed by atoms with Crippen molar-refractivity contribution in [2.45, 2.75) is 19.4 Å². The third kappa shape index (κ3) is 3.23. The van der Waals surface area contributed by atoms with Crippen molar-refractivity contribution in [2.24, 2.45) is 0 Å². The molecule has 0 saturated heterocycles. The maximum absolute atomic E-state index is 13.1. The number of para-hydroxylation sites is 1. The molecule has 1 aliphatic heterocycles. The second-order valence-electron chi connectivity index (χ2n) is 8.39. The summed E-state index contributed by atoms with van der Waals surface area (Å²) >= 11 is 0. The van der Waals surface area contributed by atoms with Crippen LogP contribution >= 0.6 is 0 Å². The fraction of sp³-hybridized carbons (Fsp3) is 0.154. The first-order valence-electron chi connectivity index (χ1n) is 11.1. The molecule has 168 valence electrons. The Morgan fingerprint density at radius 2 is 1.91 bits per heavy atom. The van der Waals surface area contributed by atoms with Gasteiger partial charge in [-0.05, 0) is 31.2 Å². The highest BCUT2D eigenvalue weighted by Gasteiger charge is 2.30. The molecular weight excluding hydrogens is 428 g/mol. The number of hydrogen-bond acceptors (Lipinski definition) is 6. The van der Waals surface area contributed by atoms with Crippen LogP contribution in [0.4, 0.5) is 11.4 Å². The van der Waals surface area contributed by atoms with Crippen molar-refractivity contribution in [2.75, 3.05) is 12.4 Å². The van der Waals surface area contributed by atoms with Gasteiger partial charge in [0.2, 0.25) is 5.88 Å². The van der Waals surface area contributed by atoms with E-state index in [1.54, 1.807) is 25.6 Å². The second-order valence-corrected chi connectivity index (χ2v) is 8.39. The smallest absolute Gasteiger partial charge is 0.255 e. The van der Waals surface area contributed by atoms with Crippen LogP contribution in [0, 0.1) is 0 Å². The maximum Gasteiger partial charge on any atom is 0.255 e. The molecule has 8 nitrogen and oxygen atoms in total. The molecule has 0 spiro atoms. The third-order valence-electron chi connectivity index (χ3n) is 6.12. The number of aromatic nitrogens is 4. The summed E-state index contributed by atoms with van der Waals surface area (Å²) in [7, 11) is 1.59. The van der Waals surface area contributed by atoms with Crippen molar-refractivity contribution < 1.29 is 9.53 Å². The van der Waals surface area contributed by atoms with Crippen molar-refractivity contribution in [3.63, 3.8) is 0 Å². The number of fused-ring (bicyclic) bond motifs is 3. The van der Waals surface area contributed by atoms with Gasteiger partial charge in [0.15, 0.2) is 0 Å². The number of hydrogen-bond donors (Lipinski definition) is 3. The molecule has 5 aromatic rings. The van der Waals surface area contributed by atoms with Gasteiger partial charge < -0.3 is 20.4 Å². The lowest BCUT2D eigenvalue weighted by Gasteiger charge is -2.21. The lowest BCUT2D eigenvalue weighted by atomic mass is 10.0. The van der Waals surface area contributed by atoms with E-state index in [0.717, 1.165) is 39.1 Å². The molecular formula is C26H22N6O2. The number of H-pyrrole nitrogens is 1. The lowest BCUT2D eigenvalue weighted by Crippen LogP contribution is -2.39. The molecule has 1 atom stereocenters. The monoisotopic (exact) mass is 450 g/mol. The minimum atomic E-state index is -0.115. The number of rotatable bonds is 4. The van der Waals surface area contributed by atoms with Crippen LogP contribution in [-0.2, 0) is 6.42 Å². The molecule has 5 heterocycles. The van der Waals surface area contributed by atoms with Gasteiger partial charge in [0.1, 0.15) is 5.52 Å². The Kier molecular flexibility index (Phi) is 4.65. The molecule has 8 heteroatoms. The first-order valence-corrected chi connectivity index (χ1v) is 11.1. The van der Waals surface area contributed by atoms with Gasteiger partial charge in [-0.2, -0.15) is 0 Å². The van der Waals surface area contributed by atoms with E-state index >= 15 is 0 Å². The Hall–Kier alpha value is -4.46. The summed E-state index contributed by atoms with van der Waals surface area (Å²) in [6.45, 7) is 2.00. The maximum atomic E-state index is 13.1. The van der Waals surface area contributed by atoms with Gasteiger partial charge in [0, 0.05) is 47.6 Å². The fourth-order valence-electron chi connectivity index (χ4n) is 4.60. The minimum Gasteiger partial charge on any atom is -0.481 e. The third-order valence-corrected chi connectivity index (χ3v) is 6.12. The predicted octanol–water partition coefficient (Wildman–Crippen LogP) is 4.60. The molecule has 1 amide bonds. The summed E-state index contributed by atoms with van der Waals surface area (Å²) in [5.74, 6) is 0.382. The lowest BCUT2D eigenvalue weighted by molar-refractivity contribution is 0.0930. The van der Waals surface area contributed by atoms with Crippen LogP contribution in [0.15, 0.2) is 60.9 Å². The van der Waals surface area contributed by atoms with Crippen molar-refractivity contribution in [1.29, 1.82) is 0 Å². The van der Waals surface area contributed by atoms with Crippen molar-refractivity contribution >= 4 is 39.2 Å². The van der Waals surface area contributed by atoms with E-state index in [-0.39, 0.29) is 11.9 Å². The number of ether oxygens (including phenoxy) is 1. The van der Waals surface area contributed by atoms with Gasteiger partial charge in [0.25, 0.3) is 5.91 Å². The van der Waals surface area contributed by atoms with Crippen molar-refractivity contribution in [3.05, 3.63) is 72.2 Å². The highest BCUT2D eigenvalue weighted by Crippen LogP contribution is 2.40. The fourth-order valence-corrected chi connectivity index (χ4v) is 4.60. The van der Waals surface area contributed by atoms with Gasteiger partial charge >= 0.3 is 0 Å². The Bertz CT molecular complexity index is 1570. The van der Waals surface area contributed by atoms with E-state index in [1.807, 2.05) is 49.4 Å². The van der Waals surface area contributed by atoms with E-state index in [2.05, 4.69) is 30.6 Å². The summed E-state index contributed by atoms with van der Waals surface area (Å²) in [6.07, 6.45) is 4.21. The Morgan fingerprint density at radius 3 is 2.79 bits per heavy atom. The number of nitrogens with zero attached hydrogens (tertiary/aromatic N) is 3. The Morgan fingerprint density at radius 1 is 1.03 bits per heavy atom. The predicted molar refractivity (Wildman–Crippen MR) is 132 cm³/mol. The van der Waals surface area contributed by atoms with Crippen LogP contribution < -0.4 is 15.4 Å². The van der Waals surface area contributed by atoms with E-state index in [9.17, 15) is 4.79 Å². The van der Waals surface area contributed by atoms with Gasteiger partial charge in [0.05, 0.1) is 40.8 Å². The molecule has 0 bridgehead atoms. The van der Waals surface area contributed by atoms with Gasteiger partial charge in [-0.1, -0.05) is 18.2 Å². The first-order chi connectivity index (χ1) is 16.6. The van der Waals surface area contributed by atoms with Crippen molar-refractivity contribution in [1.82, 2.24) is 25.3 Å². The summed E-state index contributed by atoms with van der Waals surface area (Å²) in [4.78, 5) is 30.4. The van der Waals surface area contributed by atoms with E-state index in [1.165, 1.54) is 0 Å². The van der Waals surface area contributed by atoms with Crippen LogP contribution in [0.1, 0.15) is 23.0 Å². The molecule has 0 aliphatic carbocycles. The number of carbonyl (C=O) groups is 1. The molecule has 1 aliphatic rings. The van der Waals surface area contributed by atoms with Crippen molar-refractivity contribution in [3.8, 4) is 17.1 Å². The molecule has 1 unspecified atom stereocenters. The second kappa shape index (κ2) is 7.84. The number of nitrogens with one attached hydrogen (secondary N) is 3. The average Bonchev–Trinajstić information content (AvgIpc) is 3.21. The SMILES string of the molecule is COc1ccc2nccc(-c3[nH]c4c(c3Nc3cccc5cccnc35)C(=O)NC(C)C4)c2n1. The highest BCUT2D eigenvalue weighted by molar-refractivity contribution is 6.09. The number of amides is 1. The van der Waals surface area contributed by atoms with Crippen LogP contribution in [-0.4, -0.2) is 39.0 Å². The normalized spacial score (nSPS) is 15.2. The minimum absolute atomic E-state index is 0.0333. The van der Waals surface area contributed by atoms with Gasteiger partial charge in [-0.25, -0.2) is 4.98 Å². The van der Waals surface area contributed by atoms with Crippen LogP contribution in [0.25, 0.3) is 33.2 Å². The zero-order chi connectivity index (χ0) is 23.2. The van der Waals surface area contributed by atoms with E-state index in [4.69, 9.17) is 4.74 Å². The molecule has 0 fully saturated rings. The number of benzene rings is 1. The first kappa shape index (κ1) is 20.2. The zero-order valence-electron chi connectivity index (χ0n) is 18.7. The van der Waals surface area contributed by atoms with Crippen LogP contribution in [0.3, 0.4) is 0 Å². The molecule has 3 N–H and O–H groups in total. The number of aromatic amines is 1. The van der Waals surface area contributed by atoms with E-state index < -0.39 is 0 Å². The average molecular weight is 451 g/mol. The van der Waals surface area contributed by atoms with Crippen LogP contribution in [0.2, 0.25) is 0 Å². The largest absolute Gasteiger partial charge is 0.481 e. The number of methoxy groups -OCH3 is 1. The number of anilines is 2. The Balaban J connectivity index is 1.60. The van der Waals surface area contributed by atoms with Gasteiger partial charge in [-0.3, -0.25) is 14.8 Å².